The first-order chi connectivity index (χ1) is 8.17. The van der Waals surface area contributed by atoms with E-state index in [1.54, 1.807) is 6.08 Å². The van der Waals surface area contributed by atoms with E-state index in [2.05, 4.69) is 37.6 Å². The minimum atomic E-state index is 0. The number of likely N-dealkylation sites (N-methyl/N-ethyl adjacent to an activating group) is 1. The van der Waals surface area contributed by atoms with Crippen molar-refractivity contribution in [3.05, 3.63) is 42.5 Å². The zero-order valence-corrected chi connectivity index (χ0v) is 12.0. The first kappa shape index (κ1) is 17.0. The highest BCUT2D eigenvalue weighted by Gasteiger charge is 2.07. The summed E-state index contributed by atoms with van der Waals surface area (Å²) in [5.41, 5.74) is 6.90. The van der Waals surface area contributed by atoms with Crippen molar-refractivity contribution < 1.29 is 4.74 Å². The molecule has 0 radical (unpaired) electrons. The monoisotopic (exact) mass is 270 g/mol. The zero-order valence-electron chi connectivity index (χ0n) is 11.1. The van der Waals surface area contributed by atoms with Gasteiger partial charge in [-0.2, -0.15) is 0 Å². The van der Waals surface area contributed by atoms with Crippen molar-refractivity contribution in [2.24, 2.45) is 5.73 Å². The van der Waals surface area contributed by atoms with Gasteiger partial charge in [-0.3, -0.25) is 4.90 Å². The number of benzene rings is 1. The van der Waals surface area contributed by atoms with Crippen LogP contribution in [0.1, 0.15) is 12.5 Å². The van der Waals surface area contributed by atoms with Crippen molar-refractivity contribution in [3.63, 3.8) is 0 Å². The summed E-state index contributed by atoms with van der Waals surface area (Å²) in [5, 5.41) is 0. The van der Waals surface area contributed by atoms with Crippen LogP contribution in [-0.2, 0) is 6.54 Å². The molecule has 0 heterocycles. The van der Waals surface area contributed by atoms with Crippen molar-refractivity contribution >= 4 is 12.4 Å². The third-order valence-electron chi connectivity index (χ3n) is 2.82. The van der Waals surface area contributed by atoms with Gasteiger partial charge < -0.3 is 10.5 Å². The molecule has 0 aliphatic heterocycles. The van der Waals surface area contributed by atoms with Gasteiger partial charge in [0.05, 0.1) is 0 Å². The Kier molecular flexibility index (Phi) is 8.46. The maximum atomic E-state index is 5.63. The van der Waals surface area contributed by atoms with Gasteiger partial charge in [0.25, 0.3) is 0 Å². The number of hydrogen-bond donors (Lipinski definition) is 1. The number of hydrogen-bond acceptors (Lipinski definition) is 3. The minimum absolute atomic E-state index is 0. The van der Waals surface area contributed by atoms with E-state index < -0.39 is 0 Å². The fourth-order valence-corrected chi connectivity index (χ4v) is 1.47. The summed E-state index contributed by atoms with van der Waals surface area (Å²) in [7, 11) is 2.08. The summed E-state index contributed by atoms with van der Waals surface area (Å²) in [4.78, 5) is 2.24. The van der Waals surface area contributed by atoms with E-state index in [1.807, 2.05) is 12.1 Å². The van der Waals surface area contributed by atoms with Crippen LogP contribution in [0.3, 0.4) is 0 Å². The molecule has 1 rings (SSSR count). The molecule has 1 aromatic carbocycles. The Balaban J connectivity index is 0.00000289. The SMILES string of the molecule is C=CCOc1ccc(CN(C)C(C)CN)cc1.Cl. The molecular formula is C14H23ClN2O. The van der Waals surface area contributed by atoms with Gasteiger partial charge in [-0.25, -0.2) is 0 Å². The molecule has 18 heavy (non-hydrogen) atoms. The van der Waals surface area contributed by atoms with Gasteiger partial charge in [-0.1, -0.05) is 24.8 Å². The molecule has 3 nitrogen and oxygen atoms in total. The lowest BCUT2D eigenvalue weighted by atomic mass is 10.2. The van der Waals surface area contributed by atoms with Crippen molar-refractivity contribution in [1.82, 2.24) is 4.90 Å². The van der Waals surface area contributed by atoms with Crippen LogP contribution in [0.15, 0.2) is 36.9 Å². The molecule has 1 aromatic rings. The number of ether oxygens (including phenoxy) is 1. The highest BCUT2D eigenvalue weighted by molar-refractivity contribution is 5.85. The molecule has 0 aromatic heterocycles. The molecular weight excluding hydrogens is 248 g/mol. The van der Waals surface area contributed by atoms with Gasteiger partial charge in [0.1, 0.15) is 12.4 Å². The summed E-state index contributed by atoms with van der Waals surface area (Å²) in [6, 6.07) is 8.53. The molecule has 0 saturated heterocycles. The Morgan fingerprint density at radius 2 is 2.00 bits per heavy atom. The van der Waals surface area contributed by atoms with Gasteiger partial charge in [0, 0.05) is 19.1 Å². The highest BCUT2D eigenvalue weighted by Crippen LogP contribution is 2.13. The van der Waals surface area contributed by atoms with E-state index in [1.165, 1.54) is 5.56 Å². The predicted molar refractivity (Wildman–Crippen MR) is 79.4 cm³/mol. The molecule has 0 spiro atoms. The molecule has 0 bridgehead atoms. The van der Waals surface area contributed by atoms with Crippen LogP contribution in [0.25, 0.3) is 0 Å². The van der Waals surface area contributed by atoms with Crippen molar-refractivity contribution in [2.75, 3.05) is 20.2 Å². The summed E-state index contributed by atoms with van der Waals surface area (Å²) in [5.74, 6) is 0.878. The number of nitrogens with zero attached hydrogens (tertiary/aromatic N) is 1. The van der Waals surface area contributed by atoms with Gasteiger partial charge in [-0.15, -0.1) is 12.4 Å². The van der Waals surface area contributed by atoms with E-state index in [4.69, 9.17) is 10.5 Å². The molecule has 0 fully saturated rings. The molecule has 4 heteroatoms. The Morgan fingerprint density at radius 3 is 2.50 bits per heavy atom. The molecule has 0 amide bonds. The first-order valence-corrected chi connectivity index (χ1v) is 5.90. The van der Waals surface area contributed by atoms with Crippen LogP contribution < -0.4 is 10.5 Å². The Morgan fingerprint density at radius 1 is 1.39 bits per heavy atom. The minimum Gasteiger partial charge on any atom is -0.490 e. The lowest BCUT2D eigenvalue weighted by Crippen LogP contribution is -2.34. The van der Waals surface area contributed by atoms with Crippen LogP contribution in [0, 0.1) is 0 Å². The van der Waals surface area contributed by atoms with Gasteiger partial charge in [-0.05, 0) is 31.7 Å². The van der Waals surface area contributed by atoms with Gasteiger partial charge in [0.2, 0.25) is 0 Å². The van der Waals surface area contributed by atoms with Crippen molar-refractivity contribution in [1.29, 1.82) is 0 Å². The largest absolute Gasteiger partial charge is 0.490 e. The van der Waals surface area contributed by atoms with Crippen LogP contribution in [-0.4, -0.2) is 31.1 Å². The molecule has 1 unspecified atom stereocenters. The Bertz CT molecular complexity index is 340. The van der Waals surface area contributed by atoms with Crippen LogP contribution in [0.4, 0.5) is 0 Å². The number of rotatable bonds is 7. The highest BCUT2D eigenvalue weighted by atomic mass is 35.5. The van der Waals surface area contributed by atoms with E-state index in [-0.39, 0.29) is 12.4 Å². The standard InChI is InChI=1S/C14H22N2O.ClH/c1-4-9-17-14-7-5-13(6-8-14)11-16(3)12(2)10-15;/h4-8,12H,1,9-11,15H2,2-3H3;1H. The lowest BCUT2D eigenvalue weighted by molar-refractivity contribution is 0.254. The van der Waals surface area contributed by atoms with Crippen LogP contribution in [0.5, 0.6) is 5.75 Å². The topological polar surface area (TPSA) is 38.5 Å². The summed E-state index contributed by atoms with van der Waals surface area (Å²) >= 11 is 0. The molecule has 2 N–H and O–H groups in total. The fourth-order valence-electron chi connectivity index (χ4n) is 1.47. The predicted octanol–water partition coefficient (Wildman–Crippen LogP) is 2.45. The molecule has 0 aliphatic carbocycles. The average Bonchev–Trinajstić information content (AvgIpc) is 2.37. The second-order valence-electron chi connectivity index (χ2n) is 4.24. The second kappa shape index (κ2) is 8.97. The Labute approximate surface area is 116 Å². The third kappa shape index (κ3) is 5.54. The summed E-state index contributed by atoms with van der Waals surface area (Å²) in [6.45, 7) is 7.87. The lowest BCUT2D eigenvalue weighted by Gasteiger charge is -2.23. The zero-order chi connectivity index (χ0) is 12.7. The maximum Gasteiger partial charge on any atom is 0.119 e. The third-order valence-corrected chi connectivity index (χ3v) is 2.82. The maximum absolute atomic E-state index is 5.63. The average molecular weight is 271 g/mol. The van der Waals surface area contributed by atoms with Crippen molar-refractivity contribution in [3.8, 4) is 5.75 Å². The van der Waals surface area contributed by atoms with E-state index in [0.29, 0.717) is 19.2 Å². The smallest absolute Gasteiger partial charge is 0.119 e. The van der Waals surface area contributed by atoms with Gasteiger partial charge in [0.15, 0.2) is 0 Å². The summed E-state index contributed by atoms with van der Waals surface area (Å²) < 4.78 is 5.43. The number of nitrogens with two attached hydrogens (primary N) is 1. The quantitative estimate of drug-likeness (QED) is 0.774. The molecule has 102 valence electrons. The molecule has 0 aliphatic rings. The fraction of sp³-hybridized carbons (Fsp3) is 0.429. The number of halogens is 1. The first-order valence-electron chi connectivity index (χ1n) is 5.90. The van der Waals surface area contributed by atoms with Crippen molar-refractivity contribution in [2.45, 2.75) is 19.5 Å². The van der Waals surface area contributed by atoms with E-state index in [0.717, 1.165) is 12.3 Å². The second-order valence-corrected chi connectivity index (χ2v) is 4.24. The van der Waals surface area contributed by atoms with Gasteiger partial charge >= 0.3 is 0 Å². The van der Waals surface area contributed by atoms with E-state index in [9.17, 15) is 0 Å². The summed E-state index contributed by atoms with van der Waals surface area (Å²) in [6.07, 6.45) is 1.74. The molecule has 0 saturated carbocycles. The Hall–Kier alpha value is -1.03. The van der Waals surface area contributed by atoms with Crippen LogP contribution >= 0.6 is 12.4 Å². The van der Waals surface area contributed by atoms with E-state index >= 15 is 0 Å². The van der Waals surface area contributed by atoms with Crippen LogP contribution in [0.2, 0.25) is 0 Å². The normalized spacial score (nSPS) is 11.8. The molecule has 1 atom stereocenters.